The van der Waals surface area contributed by atoms with Gasteiger partial charge >= 0.3 is 0 Å². The van der Waals surface area contributed by atoms with Gasteiger partial charge in [-0.3, -0.25) is 0 Å². The van der Waals surface area contributed by atoms with Gasteiger partial charge < -0.3 is 5.32 Å². The van der Waals surface area contributed by atoms with E-state index in [4.69, 9.17) is 11.6 Å². The van der Waals surface area contributed by atoms with Crippen LogP contribution in [-0.2, 0) is 0 Å². The molecule has 2 aromatic rings. The number of nitrogens with zero attached hydrogens (tertiary/aromatic N) is 1. The molecule has 0 spiro atoms. The summed E-state index contributed by atoms with van der Waals surface area (Å²) in [5, 5.41) is 13.1. The number of hydrogen-bond acceptors (Lipinski definition) is 3. The average Bonchev–Trinajstić information content (AvgIpc) is 2.49. The van der Waals surface area contributed by atoms with Crippen molar-refractivity contribution in [3.63, 3.8) is 0 Å². The van der Waals surface area contributed by atoms with Crippen LogP contribution >= 0.6 is 23.4 Å². The molecule has 0 fully saturated rings. The van der Waals surface area contributed by atoms with Gasteiger partial charge in [-0.2, -0.15) is 5.26 Å². The highest BCUT2D eigenvalue weighted by molar-refractivity contribution is 7.99. The number of anilines is 1. The van der Waals surface area contributed by atoms with Gasteiger partial charge in [0, 0.05) is 15.7 Å². The maximum Gasteiger partial charge on any atom is 0.137 e. The fourth-order valence-corrected chi connectivity index (χ4v) is 3.77. The lowest BCUT2D eigenvalue weighted by molar-refractivity contribution is 0.585. The standard InChI is InChI=1S/C16H12ClFN2S/c17-11-5-4-10(9-19)15(8-11)20-14-6-7-21-16-12(14)2-1-3-13(16)18/h1-5,8,14,20H,6-7H2. The number of nitrogens with one attached hydrogen (secondary N) is 1. The third-order valence-corrected chi connectivity index (χ3v) is 4.85. The van der Waals surface area contributed by atoms with Crippen LogP contribution < -0.4 is 5.32 Å². The number of nitriles is 1. The third-order valence-electron chi connectivity index (χ3n) is 3.46. The van der Waals surface area contributed by atoms with E-state index < -0.39 is 0 Å². The number of rotatable bonds is 2. The summed E-state index contributed by atoms with van der Waals surface area (Å²) >= 11 is 7.54. The van der Waals surface area contributed by atoms with Crippen LogP contribution in [0.1, 0.15) is 23.6 Å². The van der Waals surface area contributed by atoms with E-state index in [1.165, 1.54) is 17.8 Å². The van der Waals surface area contributed by atoms with Gasteiger partial charge in [0.05, 0.1) is 17.3 Å². The monoisotopic (exact) mass is 318 g/mol. The van der Waals surface area contributed by atoms with Gasteiger partial charge in [-0.25, -0.2) is 4.39 Å². The van der Waals surface area contributed by atoms with E-state index in [0.717, 1.165) is 17.7 Å². The minimum atomic E-state index is -0.185. The summed E-state index contributed by atoms with van der Waals surface area (Å²) in [7, 11) is 0. The summed E-state index contributed by atoms with van der Waals surface area (Å²) in [4.78, 5) is 0.696. The van der Waals surface area contributed by atoms with Crippen LogP contribution in [0.4, 0.5) is 10.1 Å². The molecule has 1 unspecified atom stereocenters. The van der Waals surface area contributed by atoms with Crippen molar-refractivity contribution in [3.05, 3.63) is 58.4 Å². The van der Waals surface area contributed by atoms with Gasteiger partial charge in [0.2, 0.25) is 0 Å². The molecule has 1 heterocycles. The Morgan fingerprint density at radius 2 is 2.19 bits per heavy atom. The largest absolute Gasteiger partial charge is 0.377 e. The molecule has 21 heavy (non-hydrogen) atoms. The van der Waals surface area contributed by atoms with Crippen LogP contribution in [0.15, 0.2) is 41.3 Å². The Kier molecular flexibility index (Phi) is 4.05. The fraction of sp³-hybridized carbons (Fsp3) is 0.188. The molecule has 1 atom stereocenters. The zero-order valence-electron chi connectivity index (χ0n) is 11.1. The van der Waals surface area contributed by atoms with Crippen LogP contribution in [0, 0.1) is 17.1 Å². The maximum absolute atomic E-state index is 13.9. The van der Waals surface area contributed by atoms with Gasteiger partial charge in [0.25, 0.3) is 0 Å². The molecule has 0 aromatic heterocycles. The molecule has 2 nitrogen and oxygen atoms in total. The smallest absolute Gasteiger partial charge is 0.137 e. The summed E-state index contributed by atoms with van der Waals surface area (Å²) in [5.41, 5.74) is 2.17. The molecule has 0 radical (unpaired) electrons. The Labute approximate surface area is 131 Å². The van der Waals surface area contributed by atoms with Gasteiger partial charge in [-0.15, -0.1) is 11.8 Å². The lowest BCUT2D eigenvalue weighted by Crippen LogP contribution is -2.17. The molecule has 3 rings (SSSR count). The van der Waals surface area contributed by atoms with Crippen molar-refractivity contribution in [1.82, 2.24) is 0 Å². The molecule has 0 saturated heterocycles. The van der Waals surface area contributed by atoms with Crippen LogP contribution in [-0.4, -0.2) is 5.75 Å². The second-order valence-corrected chi connectivity index (χ2v) is 6.34. The van der Waals surface area contributed by atoms with Crippen molar-refractivity contribution in [2.75, 3.05) is 11.1 Å². The van der Waals surface area contributed by atoms with Crippen molar-refractivity contribution in [2.45, 2.75) is 17.4 Å². The zero-order chi connectivity index (χ0) is 14.8. The molecule has 5 heteroatoms. The maximum atomic E-state index is 13.9. The van der Waals surface area contributed by atoms with Crippen molar-refractivity contribution in [3.8, 4) is 6.07 Å². The zero-order valence-corrected chi connectivity index (χ0v) is 12.6. The highest BCUT2D eigenvalue weighted by Crippen LogP contribution is 2.39. The Hall–Kier alpha value is -1.70. The SMILES string of the molecule is N#Cc1ccc(Cl)cc1NC1CCSc2c(F)cccc21. The van der Waals surface area contributed by atoms with Crippen LogP contribution in [0.3, 0.4) is 0 Å². The molecule has 0 saturated carbocycles. The lowest BCUT2D eigenvalue weighted by Gasteiger charge is -2.27. The average molecular weight is 319 g/mol. The molecule has 106 valence electrons. The molecule has 2 aromatic carbocycles. The predicted molar refractivity (Wildman–Crippen MR) is 84.3 cm³/mol. The van der Waals surface area contributed by atoms with Crippen molar-refractivity contribution >= 4 is 29.1 Å². The summed E-state index contributed by atoms with van der Waals surface area (Å²) < 4.78 is 13.9. The van der Waals surface area contributed by atoms with Crippen LogP contribution in [0.25, 0.3) is 0 Å². The van der Waals surface area contributed by atoms with Gasteiger partial charge in [-0.05, 0) is 36.2 Å². The Bertz CT molecular complexity index is 727. The lowest BCUT2D eigenvalue weighted by atomic mass is 10.0. The van der Waals surface area contributed by atoms with Crippen LogP contribution in [0.2, 0.25) is 5.02 Å². The van der Waals surface area contributed by atoms with E-state index in [1.807, 2.05) is 6.07 Å². The normalized spacial score (nSPS) is 16.9. The number of thioether (sulfide) groups is 1. The third kappa shape index (κ3) is 2.85. The van der Waals surface area contributed by atoms with Crippen LogP contribution in [0.5, 0.6) is 0 Å². The first kappa shape index (κ1) is 14.2. The first-order valence-electron chi connectivity index (χ1n) is 6.56. The van der Waals surface area contributed by atoms with E-state index in [9.17, 15) is 9.65 Å². The summed E-state index contributed by atoms with van der Waals surface area (Å²) in [6.45, 7) is 0. The highest BCUT2D eigenvalue weighted by atomic mass is 35.5. The fourth-order valence-electron chi connectivity index (χ4n) is 2.46. The topological polar surface area (TPSA) is 35.8 Å². The summed E-state index contributed by atoms with van der Waals surface area (Å²) in [6.07, 6.45) is 0.874. The minimum absolute atomic E-state index is 0.0116. The first-order chi connectivity index (χ1) is 10.2. The number of hydrogen-bond donors (Lipinski definition) is 1. The van der Waals surface area contributed by atoms with E-state index in [2.05, 4.69) is 11.4 Å². The van der Waals surface area contributed by atoms with E-state index in [0.29, 0.717) is 21.2 Å². The second-order valence-electron chi connectivity index (χ2n) is 4.79. The van der Waals surface area contributed by atoms with E-state index in [-0.39, 0.29) is 11.9 Å². The summed E-state index contributed by atoms with van der Waals surface area (Å²) in [5.74, 6) is 0.657. The predicted octanol–water partition coefficient (Wildman–Crippen LogP) is 5.00. The number of fused-ring (bicyclic) bond motifs is 1. The quantitative estimate of drug-likeness (QED) is 0.846. The molecule has 1 aliphatic rings. The van der Waals surface area contributed by atoms with Crippen molar-refractivity contribution in [2.24, 2.45) is 0 Å². The Balaban J connectivity index is 1.96. The Morgan fingerprint density at radius 1 is 1.33 bits per heavy atom. The molecule has 1 aliphatic heterocycles. The van der Waals surface area contributed by atoms with Gasteiger partial charge in [0.1, 0.15) is 11.9 Å². The molecule has 1 N–H and O–H groups in total. The summed E-state index contributed by atoms with van der Waals surface area (Å²) in [6, 6.07) is 12.4. The number of benzene rings is 2. The molecular weight excluding hydrogens is 307 g/mol. The minimum Gasteiger partial charge on any atom is -0.377 e. The molecular formula is C16H12ClFN2S. The van der Waals surface area contributed by atoms with Crippen molar-refractivity contribution in [1.29, 1.82) is 5.26 Å². The van der Waals surface area contributed by atoms with Gasteiger partial charge in [-0.1, -0.05) is 23.7 Å². The second kappa shape index (κ2) is 5.97. The first-order valence-corrected chi connectivity index (χ1v) is 7.93. The van der Waals surface area contributed by atoms with Gasteiger partial charge in [0.15, 0.2) is 0 Å². The molecule has 0 bridgehead atoms. The molecule has 0 amide bonds. The van der Waals surface area contributed by atoms with E-state index in [1.54, 1.807) is 24.3 Å². The van der Waals surface area contributed by atoms with Crippen molar-refractivity contribution < 1.29 is 4.39 Å². The van der Waals surface area contributed by atoms with E-state index >= 15 is 0 Å². The molecule has 0 aliphatic carbocycles. The Morgan fingerprint density at radius 3 is 3.00 bits per heavy atom. The number of halogens is 2. The highest BCUT2D eigenvalue weighted by Gasteiger charge is 2.23.